The first kappa shape index (κ1) is 14.2. The molecule has 23 heavy (non-hydrogen) atoms. The zero-order valence-corrected chi connectivity index (χ0v) is 13.4. The van der Waals surface area contributed by atoms with Gasteiger partial charge in [-0.1, -0.05) is 6.07 Å². The Labute approximate surface area is 135 Å². The lowest BCUT2D eigenvalue weighted by atomic mass is 10.1. The molecule has 0 saturated carbocycles. The van der Waals surface area contributed by atoms with Gasteiger partial charge in [0.25, 0.3) is 0 Å². The van der Waals surface area contributed by atoms with E-state index in [-0.39, 0.29) is 0 Å². The number of ether oxygens (including phenoxy) is 1. The summed E-state index contributed by atoms with van der Waals surface area (Å²) in [6, 6.07) is 12.1. The fourth-order valence-electron chi connectivity index (χ4n) is 3.35. The van der Waals surface area contributed by atoms with Gasteiger partial charge in [0.1, 0.15) is 17.1 Å². The first-order chi connectivity index (χ1) is 11.3. The lowest BCUT2D eigenvalue weighted by Gasteiger charge is -2.14. The number of fused-ring (bicyclic) bond motifs is 1. The van der Waals surface area contributed by atoms with E-state index in [4.69, 9.17) is 9.72 Å². The summed E-state index contributed by atoms with van der Waals surface area (Å²) in [7, 11) is 3.85. The molecule has 1 aliphatic heterocycles. The summed E-state index contributed by atoms with van der Waals surface area (Å²) in [6.07, 6.45) is 2.95. The molecule has 0 aliphatic carbocycles. The average molecular weight is 308 g/mol. The van der Waals surface area contributed by atoms with Crippen molar-refractivity contribution in [3.05, 3.63) is 48.4 Å². The fraction of sp³-hybridized carbons (Fsp3) is 0.333. The Balaban J connectivity index is 1.92. The average Bonchev–Trinajstić information content (AvgIpc) is 3.18. The second-order valence-electron chi connectivity index (χ2n) is 6.10. The second-order valence-corrected chi connectivity index (χ2v) is 6.10. The molecule has 1 unspecified atom stereocenters. The molecule has 118 valence electrons. The molecule has 0 bridgehead atoms. The van der Waals surface area contributed by atoms with Crippen LogP contribution < -0.4 is 4.74 Å². The molecule has 0 radical (unpaired) electrons. The van der Waals surface area contributed by atoms with Crippen LogP contribution in [0.5, 0.6) is 5.75 Å². The summed E-state index contributed by atoms with van der Waals surface area (Å²) in [5, 5.41) is 0. The SMILES string of the molecule is COc1cccc(-n2c(C3CCN(C)C3)nc3cccnc32)c1. The Kier molecular flexibility index (Phi) is 3.50. The van der Waals surface area contributed by atoms with Gasteiger partial charge in [-0.05, 0) is 44.3 Å². The minimum atomic E-state index is 0.431. The Bertz CT molecular complexity index is 842. The number of likely N-dealkylation sites (N-methyl/N-ethyl adjacent to an activating group) is 1. The van der Waals surface area contributed by atoms with Gasteiger partial charge in [0.15, 0.2) is 5.65 Å². The van der Waals surface area contributed by atoms with Gasteiger partial charge in [-0.25, -0.2) is 9.97 Å². The van der Waals surface area contributed by atoms with Crippen LogP contribution in [-0.2, 0) is 0 Å². The van der Waals surface area contributed by atoms with Gasteiger partial charge in [0.05, 0.1) is 12.8 Å². The quantitative estimate of drug-likeness (QED) is 0.746. The van der Waals surface area contributed by atoms with Crippen LogP contribution in [0.1, 0.15) is 18.2 Å². The van der Waals surface area contributed by atoms with Crippen molar-refractivity contribution in [2.45, 2.75) is 12.3 Å². The molecule has 4 rings (SSSR count). The highest BCUT2D eigenvalue weighted by Gasteiger charge is 2.27. The van der Waals surface area contributed by atoms with Gasteiger partial charge in [-0.3, -0.25) is 4.57 Å². The van der Waals surface area contributed by atoms with E-state index in [0.717, 1.165) is 47.9 Å². The number of likely N-dealkylation sites (tertiary alicyclic amines) is 1. The highest BCUT2D eigenvalue weighted by Crippen LogP contribution is 2.31. The predicted octanol–water partition coefficient (Wildman–Crippen LogP) is 2.85. The van der Waals surface area contributed by atoms with E-state index in [1.54, 1.807) is 7.11 Å². The third-order valence-electron chi connectivity index (χ3n) is 4.51. The Morgan fingerprint density at radius 3 is 2.91 bits per heavy atom. The first-order valence-corrected chi connectivity index (χ1v) is 7.92. The molecule has 0 spiro atoms. The van der Waals surface area contributed by atoms with E-state index in [0.29, 0.717) is 5.92 Å². The van der Waals surface area contributed by atoms with Crippen LogP contribution in [-0.4, -0.2) is 46.7 Å². The van der Waals surface area contributed by atoms with Gasteiger partial charge >= 0.3 is 0 Å². The van der Waals surface area contributed by atoms with Crippen molar-refractivity contribution in [2.75, 3.05) is 27.2 Å². The number of aromatic nitrogens is 3. The summed E-state index contributed by atoms with van der Waals surface area (Å²) in [4.78, 5) is 11.8. The van der Waals surface area contributed by atoms with Crippen molar-refractivity contribution < 1.29 is 4.74 Å². The van der Waals surface area contributed by atoms with Crippen molar-refractivity contribution >= 4 is 11.2 Å². The highest BCUT2D eigenvalue weighted by atomic mass is 16.5. The topological polar surface area (TPSA) is 43.2 Å². The number of nitrogens with zero attached hydrogens (tertiary/aromatic N) is 4. The Hall–Kier alpha value is -2.40. The predicted molar refractivity (Wildman–Crippen MR) is 90.3 cm³/mol. The van der Waals surface area contributed by atoms with Crippen LogP contribution >= 0.6 is 0 Å². The number of benzene rings is 1. The third-order valence-corrected chi connectivity index (χ3v) is 4.51. The van der Waals surface area contributed by atoms with Gasteiger partial charge in [0, 0.05) is 24.7 Å². The highest BCUT2D eigenvalue weighted by molar-refractivity contribution is 5.74. The van der Waals surface area contributed by atoms with Crippen molar-refractivity contribution in [2.24, 2.45) is 0 Å². The van der Waals surface area contributed by atoms with Gasteiger partial charge in [-0.15, -0.1) is 0 Å². The molecule has 0 amide bonds. The number of pyridine rings is 1. The molecule has 0 N–H and O–H groups in total. The number of imidazole rings is 1. The fourth-order valence-corrected chi connectivity index (χ4v) is 3.35. The summed E-state index contributed by atoms with van der Waals surface area (Å²) in [5.41, 5.74) is 2.90. The lowest BCUT2D eigenvalue weighted by Crippen LogP contribution is -2.15. The number of rotatable bonds is 3. The Morgan fingerprint density at radius 1 is 1.22 bits per heavy atom. The van der Waals surface area contributed by atoms with E-state index >= 15 is 0 Å². The minimum absolute atomic E-state index is 0.431. The summed E-state index contributed by atoms with van der Waals surface area (Å²) in [6.45, 7) is 2.15. The van der Waals surface area contributed by atoms with Crippen LogP contribution in [0.4, 0.5) is 0 Å². The molecule has 2 aromatic heterocycles. The molecule has 1 saturated heterocycles. The maximum Gasteiger partial charge on any atom is 0.164 e. The summed E-state index contributed by atoms with van der Waals surface area (Å²) in [5.74, 6) is 2.37. The molecule has 1 aromatic carbocycles. The van der Waals surface area contributed by atoms with Crippen LogP contribution in [0.2, 0.25) is 0 Å². The molecule has 1 fully saturated rings. The number of hydrogen-bond acceptors (Lipinski definition) is 4. The van der Waals surface area contributed by atoms with Crippen molar-refractivity contribution in [1.82, 2.24) is 19.4 Å². The molecule has 5 nitrogen and oxygen atoms in total. The molecule has 3 aromatic rings. The number of methoxy groups -OCH3 is 1. The third kappa shape index (κ3) is 2.47. The maximum atomic E-state index is 5.38. The first-order valence-electron chi connectivity index (χ1n) is 7.92. The van der Waals surface area contributed by atoms with Crippen LogP contribution in [0.15, 0.2) is 42.6 Å². The van der Waals surface area contributed by atoms with Crippen LogP contribution in [0.25, 0.3) is 16.9 Å². The molecule has 5 heteroatoms. The standard InChI is InChI=1S/C18H20N4O/c1-21-10-8-13(12-21)17-20-16-7-4-9-19-18(16)22(17)14-5-3-6-15(11-14)23-2/h3-7,9,11,13H,8,10,12H2,1-2H3. The summed E-state index contributed by atoms with van der Waals surface area (Å²) < 4.78 is 7.57. The largest absolute Gasteiger partial charge is 0.497 e. The smallest absolute Gasteiger partial charge is 0.164 e. The minimum Gasteiger partial charge on any atom is -0.497 e. The zero-order chi connectivity index (χ0) is 15.8. The van der Waals surface area contributed by atoms with E-state index in [1.165, 1.54) is 0 Å². The van der Waals surface area contributed by atoms with E-state index in [1.807, 2.05) is 36.5 Å². The second kappa shape index (κ2) is 5.66. The molecule has 1 aliphatic rings. The maximum absolute atomic E-state index is 5.38. The van der Waals surface area contributed by atoms with Crippen LogP contribution in [0, 0.1) is 0 Å². The van der Waals surface area contributed by atoms with Gasteiger partial charge in [-0.2, -0.15) is 0 Å². The van der Waals surface area contributed by atoms with Crippen molar-refractivity contribution in [3.63, 3.8) is 0 Å². The number of hydrogen-bond donors (Lipinski definition) is 0. The van der Waals surface area contributed by atoms with Crippen molar-refractivity contribution in [1.29, 1.82) is 0 Å². The lowest BCUT2D eigenvalue weighted by molar-refractivity contribution is 0.409. The normalized spacial score (nSPS) is 18.6. The molecule has 3 heterocycles. The van der Waals surface area contributed by atoms with E-state index in [2.05, 4.69) is 27.6 Å². The van der Waals surface area contributed by atoms with Crippen molar-refractivity contribution in [3.8, 4) is 11.4 Å². The van der Waals surface area contributed by atoms with E-state index < -0.39 is 0 Å². The molecular formula is C18H20N4O. The van der Waals surface area contributed by atoms with E-state index in [9.17, 15) is 0 Å². The Morgan fingerprint density at radius 2 is 2.13 bits per heavy atom. The van der Waals surface area contributed by atoms with Gasteiger partial charge in [0.2, 0.25) is 0 Å². The van der Waals surface area contributed by atoms with Gasteiger partial charge < -0.3 is 9.64 Å². The monoisotopic (exact) mass is 308 g/mol. The summed E-state index contributed by atoms with van der Waals surface area (Å²) >= 11 is 0. The molecular weight excluding hydrogens is 288 g/mol. The zero-order valence-electron chi connectivity index (χ0n) is 13.4. The van der Waals surface area contributed by atoms with Crippen LogP contribution in [0.3, 0.4) is 0 Å². The molecule has 1 atom stereocenters.